The highest BCUT2D eigenvalue weighted by Crippen LogP contribution is 2.54. The number of hydrogen-bond acceptors (Lipinski definition) is 8. The molecule has 5 rings (SSSR count). The lowest BCUT2D eigenvalue weighted by Crippen LogP contribution is -2.40. The molecule has 3 heterocycles. The number of carbonyl (C=O) groups excluding carboxylic acids is 1. The number of aliphatic hydroxyl groups is 1. The number of anilines is 4. The van der Waals surface area contributed by atoms with Crippen LogP contribution in [0.15, 0.2) is 18.2 Å². The minimum absolute atomic E-state index is 0.0497. The van der Waals surface area contributed by atoms with Gasteiger partial charge in [0.05, 0.1) is 29.3 Å². The second kappa shape index (κ2) is 10.7. The molecular formula is C26H33F3N6O4S. The number of carbonyl (C=O) groups is 1. The van der Waals surface area contributed by atoms with E-state index in [1.165, 1.54) is 12.1 Å². The first-order valence-corrected chi connectivity index (χ1v) is 15.0. The van der Waals surface area contributed by atoms with E-state index in [0.717, 1.165) is 31.7 Å². The van der Waals surface area contributed by atoms with E-state index in [0.29, 0.717) is 24.2 Å². The summed E-state index contributed by atoms with van der Waals surface area (Å²) in [6, 6.07) is 3.87. The van der Waals surface area contributed by atoms with Crippen molar-refractivity contribution >= 4 is 39.1 Å². The second-order valence-corrected chi connectivity index (χ2v) is 12.8. The molecule has 0 bridgehead atoms. The number of rotatable bonds is 8. The van der Waals surface area contributed by atoms with Crippen molar-refractivity contribution in [1.29, 1.82) is 0 Å². The largest absolute Gasteiger partial charge is 0.395 e. The van der Waals surface area contributed by atoms with Crippen molar-refractivity contribution in [3.63, 3.8) is 0 Å². The first-order valence-electron chi connectivity index (χ1n) is 13.4. The third-order valence-electron chi connectivity index (χ3n) is 7.91. The van der Waals surface area contributed by atoms with Crippen molar-refractivity contribution in [3.05, 3.63) is 35.3 Å². The van der Waals surface area contributed by atoms with Gasteiger partial charge in [-0.25, -0.2) is 26.6 Å². The number of benzene rings is 1. The lowest BCUT2D eigenvalue weighted by atomic mass is 9.93. The van der Waals surface area contributed by atoms with Crippen LogP contribution in [0.25, 0.3) is 0 Å². The number of alkyl halides is 2. The van der Waals surface area contributed by atoms with Crippen LogP contribution in [-0.2, 0) is 10.0 Å². The van der Waals surface area contributed by atoms with Gasteiger partial charge < -0.3 is 20.2 Å². The molecule has 1 amide bonds. The summed E-state index contributed by atoms with van der Waals surface area (Å²) < 4.78 is 69.6. The lowest BCUT2D eigenvalue weighted by Gasteiger charge is -2.35. The standard InChI is InChI=1S/C26H33F3N6O4S/c1-17-14-21(32-24(30-17)35-10-6-26(28,29)7-11-35)31-23(37)22-19(27)15-18(33-40(38,39)13-12-36)16-20(22)34-8-4-25(2-3-25)5-9-34/h14-16,33,36H,2-13H2,1H3,(H,30,31,32,37). The summed E-state index contributed by atoms with van der Waals surface area (Å²) in [6.45, 7) is 2.38. The number of aromatic nitrogens is 2. The van der Waals surface area contributed by atoms with Gasteiger partial charge in [0.1, 0.15) is 11.6 Å². The van der Waals surface area contributed by atoms with Gasteiger partial charge >= 0.3 is 0 Å². The van der Waals surface area contributed by atoms with Gasteiger partial charge in [-0.3, -0.25) is 9.52 Å². The molecule has 40 heavy (non-hydrogen) atoms. The van der Waals surface area contributed by atoms with E-state index < -0.39 is 40.0 Å². The maximum absolute atomic E-state index is 15.6. The molecule has 1 aromatic heterocycles. The number of nitrogens with zero attached hydrogens (tertiary/aromatic N) is 4. The van der Waals surface area contributed by atoms with Crippen LogP contribution in [0.3, 0.4) is 0 Å². The van der Waals surface area contributed by atoms with Gasteiger partial charge in [0.25, 0.3) is 11.8 Å². The van der Waals surface area contributed by atoms with Gasteiger partial charge in [-0.1, -0.05) is 0 Å². The Morgan fingerprint density at radius 1 is 1.00 bits per heavy atom. The number of halogens is 3. The topological polar surface area (TPSA) is 128 Å². The van der Waals surface area contributed by atoms with Gasteiger partial charge in [0.15, 0.2) is 0 Å². The third kappa shape index (κ3) is 6.43. The minimum Gasteiger partial charge on any atom is -0.395 e. The molecule has 3 fully saturated rings. The zero-order chi connectivity index (χ0) is 28.7. The molecule has 1 aromatic carbocycles. The first kappa shape index (κ1) is 28.4. The summed E-state index contributed by atoms with van der Waals surface area (Å²) in [7, 11) is -3.92. The van der Waals surface area contributed by atoms with E-state index in [1.807, 2.05) is 4.90 Å². The lowest BCUT2D eigenvalue weighted by molar-refractivity contribution is -0.0222. The first-order chi connectivity index (χ1) is 18.9. The summed E-state index contributed by atoms with van der Waals surface area (Å²) >= 11 is 0. The van der Waals surface area contributed by atoms with Crippen LogP contribution >= 0.6 is 0 Å². The molecule has 0 unspecified atom stereocenters. The predicted molar refractivity (Wildman–Crippen MR) is 145 cm³/mol. The number of sulfonamides is 1. The van der Waals surface area contributed by atoms with Gasteiger partial charge in [-0.05, 0) is 50.2 Å². The van der Waals surface area contributed by atoms with Crippen LogP contribution in [0, 0.1) is 18.2 Å². The van der Waals surface area contributed by atoms with Crippen molar-refractivity contribution in [2.45, 2.75) is 51.4 Å². The molecule has 2 aromatic rings. The van der Waals surface area contributed by atoms with Crippen LogP contribution in [-0.4, -0.2) is 73.9 Å². The van der Waals surface area contributed by atoms with Gasteiger partial charge in [0.2, 0.25) is 16.0 Å². The molecule has 3 N–H and O–H groups in total. The molecule has 3 aliphatic rings. The van der Waals surface area contributed by atoms with Gasteiger partial charge in [0, 0.05) is 50.8 Å². The molecule has 2 saturated heterocycles. The Morgan fingerprint density at radius 3 is 2.27 bits per heavy atom. The van der Waals surface area contributed by atoms with Crippen LogP contribution in [0.4, 0.5) is 36.3 Å². The average molecular weight is 583 g/mol. The van der Waals surface area contributed by atoms with E-state index >= 15 is 4.39 Å². The highest BCUT2D eigenvalue weighted by atomic mass is 32.2. The molecular weight excluding hydrogens is 549 g/mol. The summed E-state index contributed by atoms with van der Waals surface area (Å²) in [5, 5.41) is 11.7. The number of aryl methyl sites for hydroxylation is 1. The molecule has 0 atom stereocenters. The van der Waals surface area contributed by atoms with Crippen LogP contribution in [0.5, 0.6) is 0 Å². The van der Waals surface area contributed by atoms with Gasteiger partial charge in [-0.15, -0.1) is 0 Å². The molecule has 14 heteroatoms. The Kier molecular flexibility index (Phi) is 7.59. The molecule has 1 spiro atoms. The van der Waals surface area contributed by atoms with Crippen molar-refractivity contribution in [3.8, 4) is 0 Å². The van der Waals surface area contributed by atoms with E-state index in [-0.39, 0.29) is 54.6 Å². The Morgan fingerprint density at radius 2 is 1.65 bits per heavy atom. The number of piperidine rings is 2. The van der Waals surface area contributed by atoms with E-state index in [4.69, 9.17) is 5.11 Å². The Balaban J connectivity index is 1.43. The minimum atomic E-state index is -3.92. The van der Waals surface area contributed by atoms with Crippen LogP contribution in [0.2, 0.25) is 0 Å². The Labute approximate surface area is 231 Å². The van der Waals surface area contributed by atoms with Crippen molar-refractivity contribution in [2.24, 2.45) is 5.41 Å². The van der Waals surface area contributed by atoms with Crippen molar-refractivity contribution in [1.82, 2.24) is 9.97 Å². The predicted octanol–water partition coefficient (Wildman–Crippen LogP) is 3.53. The number of amides is 1. The third-order valence-corrected chi connectivity index (χ3v) is 9.18. The number of aliphatic hydroxyl groups excluding tert-OH is 1. The summed E-state index contributed by atoms with van der Waals surface area (Å²) in [5.74, 6) is -4.70. The van der Waals surface area contributed by atoms with Crippen molar-refractivity contribution in [2.75, 3.05) is 58.4 Å². The maximum Gasteiger partial charge on any atom is 0.261 e. The fraction of sp³-hybridized carbons (Fsp3) is 0.577. The monoisotopic (exact) mass is 582 g/mol. The smallest absolute Gasteiger partial charge is 0.261 e. The molecule has 1 saturated carbocycles. The molecule has 0 radical (unpaired) electrons. The Bertz CT molecular complexity index is 1380. The molecule has 1 aliphatic carbocycles. The van der Waals surface area contributed by atoms with E-state index in [9.17, 15) is 22.0 Å². The summed E-state index contributed by atoms with van der Waals surface area (Å²) in [6.07, 6.45) is 3.42. The van der Waals surface area contributed by atoms with E-state index in [2.05, 4.69) is 20.0 Å². The average Bonchev–Trinajstić information content (AvgIpc) is 3.61. The number of nitrogens with one attached hydrogen (secondary N) is 2. The zero-order valence-electron chi connectivity index (χ0n) is 22.2. The molecule has 218 valence electrons. The molecule has 10 nitrogen and oxygen atoms in total. The fourth-order valence-electron chi connectivity index (χ4n) is 5.35. The second-order valence-electron chi connectivity index (χ2n) is 11.0. The normalized spacial score (nSPS) is 19.9. The summed E-state index contributed by atoms with van der Waals surface area (Å²) in [4.78, 5) is 25.7. The highest BCUT2D eigenvalue weighted by Gasteiger charge is 2.45. The quantitative estimate of drug-likeness (QED) is 0.432. The Hall–Kier alpha value is -3.13. The van der Waals surface area contributed by atoms with Crippen LogP contribution in [0.1, 0.15) is 54.6 Å². The maximum atomic E-state index is 15.6. The fourth-order valence-corrected chi connectivity index (χ4v) is 6.17. The molecule has 2 aliphatic heterocycles. The zero-order valence-corrected chi connectivity index (χ0v) is 23.0. The summed E-state index contributed by atoms with van der Waals surface area (Å²) in [5.41, 5.74) is 0.751. The van der Waals surface area contributed by atoms with Crippen molar-refractivity contribution < 1.29 is 31.5 Å². The number of hydrogen-bond donors (Lipinski definition) is 3. The SMILES string of the molecule is Cc1cc(NC(=O)c2c(F)cc(NS(=O)(=O)CCO)cc2N2CCC3(CC2)CC3)nc(N2CCC(F)(F)CC2)n1. The highest BCUT2D eigenvalue weighted by molar-refractivity contribution is 7.92. The van der Waals surface area contributed by atoms with E-state index in [1.54, 1.807) is 11.8 Å². The van der Waals surface area contributed by atoms with Crippen LogP contribution < -0.4 is 19.8 Å². The van der Waals surface area contributed by atoms with Gasteiger partial charge in [-0.2, -0.15) is 4.98 Å².